The number of carbonyl (C=O) groups excluding carboxylic acids is 1. The molecule has 0 saturated carbocycles. The summed E-state index contributed by atoms with van der Waals surface area (Å²) in [6.45, 7) is 7.61. The van der Waals surface area contributed by atoms with Crippen molar-refractivity contribution in [1.29, 1.82) is 0 Å². The number of hydrogen-bond donors (Lipinski definition) is 0. The molecule has 0 spiro atoms. The van der Waals surface area contributed by atoms with Gasteiger partial charge in [0.15, 0.2) is 5.05 Å². The van der Waals surface area contributed by atoms with Crippen LogP contribution in [-0.2, 0) is 14.3 Å². The first kappa shape index (κ1) is 17.1. The van der Waals surface area contributed by atoms with Crippen LogP contribution in [0.15, 0.2) is 12.7 Å². The average Bonchev–Trinajstić information content (AvgIpc) is 2.36. The molecule has 104 valence electrons. The van der Waals surface area contributed by atoms with E-state index in [1.54, 1.807) is 6.92 Å². The van der Waals surface area contributed by atoms with Gasteiger partial charge in [-0.25, -0.2) is 4.79 Å². The van der Waals surface area contributed by atoms with E-state index >= 15 is 0 Å². The molecule has 0 saturated heterocycles. The van der Waals surface area contributed by atoms with Gasteiger partial charge in [0.25, 0.3) is 0 Å². The van der Waals surface area contributed by atoms with Gasteiger partial charge in [-0.2, -0.15) is 0 Å². The zero-order chi connectivity index (χ0) is 13.8. The van der Waals surface area contributed by atoms with E-state index in [0.717, 1.165) is 18.9 Å². The van der Waals surface area contributed by atoms with Gasteiger partial charge >= 0.3 is 5.97 Å². The van der Waals surface area contributed by atoms with Crippen molar-refractivity contribution in [3.05, 3.63) is 12.7 Å². The van der Waals surface area contributed by atoms with Crippen molar-refractivity contribution in [1.82, 2.24) is 0 Å². The average molecular weight is 272 g/mol. The van der Waals surface area contributed by atoms with Crippen LogP contribution < -0.4 is 0 Å². The van der Waals surface area contributed by atoms with Crippen LogP contribution in [0.1, 0.15) is 52.4 Å². The van der Waals surface area contributed by atoms with Crippen molar-refractivity contribution in [2.75, 3.05) is 6.61 Å². The topological polar surface area (TPSA) is 35.5 Å². The van der Waals surface area contributed by atoms with Gasteiger partial charge < -0.3 is 9.47 Å². The monoisotopic (exact) mass is 272 g/mol. The summed E-state index contributed by atoms with van der Waals surface area (Å²) in [5.74, 6) is -0.434. The lowest BCUT2D eigenvalue weighted by Crippen LogP contribution is -2.20. The first-order valence-electron chi connectivity index (χ1n) is 6.58. The highest BCUT2D eigenvalue weighted by atomic mass is 32.1. The lowest BCUT2D eigenvalue weighted by Gasteiger charge is -2.13. The summed E-state index contributed by atoms with van der Waals surface area (Å²) >= 11 is 5.11. The molecular formula is C14H24O3S. The normalized spacial score (nSPS) is 11.7. The van der Waals surface area contributed by atoms with E-state index in [2.05, 4.69) is 13.5 Å². The number of carbonyl (C=O) groups is 1. The van der Waals surface area contributed by atoms with Crippen LogP contribution in [-0.4, -0.2) is 23.7 Å². The lowest BCUT2D eigenvalue weighted by atomic mass is 10.1. The van der Waals surface area contributed by atoms with Crippen LogP contribution in [0.3, 0.4) is 0 Å². The molecule has 0 amide bonds. The molecule has 0 fully saturated rings. The summed E-state index contributed by atoms with van der Waals surface area (Å²) in [5, 5.41) is 0.605. The summed E-state index contributed by atoms with van der Waals surface area (Å²) in [6, 6.07) is 0. The number of thiocarbonyl (C=S) groups is 1. The SMILES string of the molecule is C=CC(=O)OC(C)COC(=S)CCCCCCC. The second kappa shape index (κ2) is 11.2. The Morgan fingerprint density at radius 3 is 2.61 bits per heavy atom. The summed E-state index contributed by atoms with van der Waals surface area (Å²) in [5.41, 5.74) is 0. The molecule has 0 aliphatic carbocycles. The molecule has 0 radical (unpaired) electrons. The van der Waals surface area contributed by atoms with Gasteiger partial charge in [-0.3, -0.25) is 0 Å². The molecule has 3 nitrogen and oxygen atoms in total. The van der Waals surface area contributed by atoms with E-state index in [9.17, 15) is 4.79 Å². The Hall–Kier alpha value is -0.900. The van der Waals surface area contributed by atoms with Crippen LogP contribution >= 0.6 is 12.2 Å². The zero-order valence-corrected chi connectivity index (χ0v) is 12.3. The second-order valence-electron chi connectivity index (χ2n) is 4.30. The number of esters is 1. The van der Waals surface area contributed by atoms with E-state index in [4.69, 9.17) is 21.7 Å². The fourth-order valence-electron chi connectivity index (χ4n) is 1.44. The van der Waals surface area contributed by atoms with E-state index in [1.165, 1.54) is 25.7 Å². The summed E-state index contributed by atoms with van der Waals surface area (Å²) in [7, 11) is 0. The highest BCUT2D eigenvalue weighted by Crippen LogP contribution is 2.07. The Balaban J connectivity index is 3.51. The number of rotatable bonds is 10. The third-order valence-electron chi connectivity index (χ3n) is 2.45. The van der Waals surface area contributed by atoms with Crippen molar-refractivity contribution in [2.24, 2.45) is 0 Å². The smallest absolute Gasteiger partial charge is 0.330 e. The Morgan fingerprint density at radius 1 is 1.33 bits per heavy atom. The van der Waals surface area contributed by atoms with Gasteiger partial charge in [0.1, 0.15) is 12.7 Å². The summed E-state index contributed by atoms with van der Waals surface area (Å²) in [6.07, 6.45) is 7.69. The predicted octanol–water partition coefficient (Wildman–Crippen LogP) is 3.81. The van der Waals surface area contributed by atoms with Gasteiger partial charge in [-0.15, -0.1) is 0 Å². The minimum Gasteiger partial charge on any atom is -0.483 e. The highest BCUT2D eigenvalue weighted by molar-refractivity contribution is 7.80. The maximum absolute atomic E-state index is 10.9. The second-order valence-corrected chi connectivity index (χ2v) is 4.75. The fourth-order valence-corrected chi connectivity index (χ4v) is 1.65. The molecule has 0 N–H and O–H groups in total. The highest BCUT2D eigenvalue weighted by Gasteiger charge is 2.08. The Kier molecular flexibility index (Phi) is 10.6. The zero-order valence-electron chi connectivity index (χ0n) is 11.4. The van der Waals surface area contributed by atoms with Crippen molar-refractivity contribution in [2.45, 2.75) is 58.5 Å². The van der Waals surface area contributed by atoms with Gasteiger partial charge in [-0.05, 0) is 25.6 Å². The quantitative estimate of drug-likeness (QED) is 0.262. The van der Waals surface area contributed by atoms with Crippen LogP contribution in [0.25, 0.3) is 0 Å². The van der Waals surface area contributed by atoms with Crippen molar-refractivity contribution < 1.29 is 14.3 Å². The maximum Gasteiger partial charge on any atom is 0.330 e. The molecule has 0 aromatic heterocycles. The van der Waals surface area contributed by atoms with Crippen molar-refractivity contribution in [3.63, 3.8) is 0 Å². The van der Waals surface area contributed by atoms with Crippen molar-refractivity contribution in [3.8, 4) is 0 Å². The fraction of sp³-hybridized carbons (Fsp3) is 0.714. The largest absolute Gasteiger partial charge is 0.483 e. The third kappa shape index (κ3) is 10.3. The summed E-state index contributed by atoms with van der Waals surface area (Å²) in [4.78, 5) is 10.9. The summed E-state index contributed by atoms with van der Waals surface area (Å²) < 4.78 is 10.3. The predicted molar refractivity (Wildman–Crippen MR) is 77.7 cm³/mol. The molecule has 0 aromatic carbocycles. The van der Waals surface area contributed by atoms with Crippen LogP contribution in [0.4, 0.5) is 0 Å². The first-order valence-corrected chi connectivity index (χ1v) is 6.99. The number of ether oxygens (including phenoxy) is 2. The van der Waals surface area contributed by atoms with Gasteiger partial charge in [0, 0.05) is 12.5 Å². The molecule has 4 heteroatoms. The molecule has 1 unspecified atom stereocenters. The van der Waals surface area contributed by atoms with E-state index < -0.39 is 5.97 Å². The molecule has 0 aliphatic heterocycles. The minimum atomic E-state index is -0.434. The molecule has 0 rings (SSSR count). The molecular weight excluding hydrogens is 248 g/mol. The molecule has 0 bridgehead atoms. The molecule has 0 heterocycles. The van der Waals surface area contributed by atoms with E-state index in [-0.39, 0.29) is 6.10 Å². The Morgan fingerprint density at radius 2 is 2.00 bits per heavy atom. The standard InChI is InChI=1S/C14H24O3S/c1-4-6-7-8-9-10-14(18)16-11-12(3)17-13(15)5-2/h5,12H,2,4,6-11H2,1,3H3. The van der Waals surface area contributed by atoms with E-state index in [1.807, 2.05) is 0 Å². The van der Waals surface area contributed by atoms with Gasteiger partial charge in [0.05, 0.1) is 0 Å². The van der Waals surface area contributed by atoms with Crippen molar-refractivity contribution >= 4 is 23.2 Å². The molecule has 0 aromatic rings. The van der Waals surface area contributed by atoms with Gasteiger partial charge in [0.2, 0.25) is 0 Å². The van der Waals surface area contributed by atoms with Crippen LogP contribution in [0, 0.1) is 0 Å². The van der Waals surface area contributed by atoms with Gasteiger partial charge in [-0.1, -0.05) is 39.2 Å². The lowest BCUT2D eigenvalue weighted by molar-refractivity contribution is -0.143. The van der Waals surface area contributed by atoms with Crippen LogP contribution in [0.2, 0.25) is 0 Å². The minimum absolute atomic E-state index is 0.298. The van der Waals surface area contributed by atoms with E-state index in [0.29, 0.717) is 11.7 Å². The first-order chi connectivity index (χ1) is 8.60. The number of hydrogen-bond acceptors (Lipinski definition) is 4. The Bertz CT molecular complexity index is 264. The Labute approximate surface area is 116 Å². The molecule has 18 heavy (non-hydrogen) atoms. The molecule has 0 aliphatic rings. The maximum atomic E-state index is 10.9. The van der Waals surface area contributed by atoms with Crippen LogP contribution in [0.5, 0.6) is 0 Å². The number of unbranched alkanes of at least 4 members (excludes halogenated alkanes) is 4. The third-order valence-corrected chi connectivity index (χ3v) is 2.77. The molecule has 1 atom stereocenters.